The minimum Gasteiger partial charge on any atom is -0.481 e. The van der Waals surface area contributed by atoms with Gasteiger partial charge in [0.1, 0.15) is 0 Å². The van der Waals surface area contributed by atoms with Gasteiger partial charge in [0.15, 0.2) is 5.40 Å². The fourth-order valence-electron chi connectivity index (χ4n) is 2.37. The van der Waals surface area contributed by atoms with Crippen molar-refractivity contribution < 1.29 is 37.1 Å². The topological polar surface area (TPSA) is 108 Å². The first-order valence-corrected chi connectivity index (χ1v) is 15.7. The molecule has 0 bridgehead atoms. The van der Waals surface area contributed by atoms with E-state index in [1.807, 2.05) is 27.7 Å². The highest BCUT2D eigenvalue weighted by molar-refractivity contribution is 8.00. The Labute approximate surface area is 192 Å². The lowest BCUT2D eigenvalue weighted by molar-refractivity contribution is -0.133. The molecule has 0 rings (SSSR count). The van der Waals surface area contributed by atoms with Gasteiger partial charge < -0.3 is 23.2 Å². The van der Waals surface area contributed by atoms with Crippen LogP contribution in [0, 0.1) is 0 Å². The van der Waals surface area contributed by atoms with Gasteiger partial charge in [-0.25, -0.2) is 0 Å². The number of carboxylic acid groups (broad SMARTS) is 1. The van der Waals surface area contributed by atoms with Crippen LogP contribution in [0.4, 0.5) is 0 Å². The largest absolute Gasteiger partial charge is 0.481 e. The molecule has 0 unspecified atom stereocenters. The third-order valence-corrected chi connectivity index (χ3v) is 11.5. The molecule has 0 amide bonds. The molecule has 0 atom stereocenters. The summed E-state index contributed by atoms with van der Waals surface area (Å²) in [5.74, 6) is -1.24. The highest BCUT2D eigenvalue weighted by Crippen LogP contribution is 2.71. The van der Waals surface area contributed by atoms with Gasteiger partial charge in [0.25, 0.3) is 0 Å². The molecule has 0 saturated heterocycles. The van der Waals surface area contributed by atoms with E-state index in [2.05, 4.69) is 0 Å². The third kappa shape index (κ3) is 13.4. The number of aliphatic carboxylic acids is 1. The second kappa shape index (κ2) is 18.5. The summed E-state index contributed by atoms with van der Waals surface area (Å²) >= 11 is 1.02. The summed E-state index contributed by atoms with van der Waals surface area (Å²) in [6.45, 7) is 8.73. The van der Waals surface area contributed by atoms with Gasteiger partial charge in [0.2, 0.25) is 0 Å². The Bertz CT molecular complexity index is 495. The molecule has 186 valence electrons. The molecule has 0 aromatic carbocycles. The Morgan fingerprint density at radius 3 is 1.32 bits per heavy atom. The van der Waals surface area contributed by atoms with Gasteiger partial charge in [-0.3, -0.25) is 13.9 Å². The molecule has 0 radical (unpaired) electrons. The predicted molar refractivity (Wildman–Crippen MR) is 127 cm³/mol. The Kier molecular flexibility index (Phi) is 18.6. The summed E-state index contributed by atoms with van der Waals surface area (Å²) in [7, 11) is -7.79. The van der Waals surface area contributed by atoms with Gasteiger partial charge >= 0.3 is 21.2 Å². The van der Waals surface area contributed by atoms with Gasteiger partial charge in [0, 0.05) is 5.75 Å². The number of hydrogen-bond acceptors (Lipinski definition) is 8. The SMILES string of the molecule is CCCCOP(=O)(OCCCC)C(CSCC(=O)O)P(=O)(OCCCC)OCCCC. The Morgan fingerprint density at radius 2 is 1.06 bits per heavy atom. The average molecular weight is 505 g/mol. The quantitative estimate of drug-likeness (QED) is 0.126. The fourth-order valence-corrected chi connectivity index (χ4v) is 9.52. The number of rotatable bonds is 22. The number of carbonyl (C=O) groups is 1. The minimum atomic E-state index is -3.89. The molecule has 0 aliphatic carbocycles. The molecule has 8 nitrogen and oxygen atoms in total. The lowest BCUT2D eigenvalue weighted by Crippen LogP contribution is -2.22. The van der Waals surface area contributed by atoms with Gasteiger partial charge in [-0.05, 0) is 25.7 Å². The van der Waals surface area contributed by atoms with Gasteiger partial charge in [-0.2, -0.15) is 0 Å². The first kappa shape index (κ1) is 31.1. The predicted octanol–water partition coefficient (Wildman–Crippen LogP) is 6.78. The average Bonchev–Trinajstić information content (AvgIpc) is 2.72. The van der Waals surface area contributed by atoms with Crippen molar-refractivity contribution in [1.82, 2.24) is 0 Å². The molecule has 31 heavy (non-hydrogen) atoms. The molecular weight excluding hydrogens is 462 g/mol. The van der Waals surface area contributed by atoms with Crippen LogP contribution in [0.15, 0.2) is 0 Å². The molecule has 0 aliphatic rings. The summed E-state index contributed by atoms with van der Waals surface area (Å²) in [4.78, 5) is 11.0. The molecule has 11 heteroatoms. The molecule has 0 aromatic heterocycles. The van der Waals surface area contributed by atoms with Crippen LogP contribution in [-0.2, 0) is 32.0 Å². The van der Waals surface area contributed by atoms with E-state index in [0.29, 0.717) is 25.7 Å². The summed E-state index contributed by atoms with van der Waals surface area (Å²) in [5.41, 5.74) is 0. The zero-order valence-electron chi connectivity index (χ0n) is 19.6. The summed E-state index contributed by atoms with van der Waals surface area (Å²) < 4.78 is 50.8. The molecule has 1 N–H and O–H groups in total. The second-order valence-corrected chi connectivity index (χ2v) is 13.1. The number of thioether (sulfide) groups is 1. The van der Waals surface area contributed by atoms with Gasteiger partial charge in [-0.1, -0.05) is 53.4 Å². The maximum atomic E-state index is 13.9. The zero-order valence-corrected chi connectivity index (χ0v) is 22.2. The highest BCUT2D eigenvalue weighted by atomic mass is 32.2. The molecule has 0 saturated carbocycles. The molecular formula is C20H42O8P2S. The van der Waals surface area contributed by atoms with E-state index in [1.165, 1.54) is 0 Å². The lowest BCUT2D eigenvalue weighted by atomic mass is 10.4. The molecule has 0 heterocycles. The Balaban J connectivity index is 5.91. The van der Waals surface area contributed by atoms with E-state index in [0.717, 1.165) is 37.4 Å². The van der Waals surface area contributed by atoms with Crippen LogP contribution < -0.4 is 0 Å². The van der Waals surface area contributed by atoms with Crippen molar-refractivity contribution in [1.29, 1.82) is 0 Å². The van der Waals surface area contributed by atoms with Crippen LogP contribution in [0.2, 0.25) is 0 Å². The van der Waals surface area contributed by atoms with E-state index < -0.39 is 26.6 Å². The van der Waals surface area contributed by atoms with Gasteiger partial charge in [-0.15, -0.1) is 11.8 Å². The Morgan fingerprint density at radius 1 is 0.742 bits per heavy atom. The van der Waals surface area contributed by atoms with Crippen LogP contribution in [0.1, 0.15) is 79.1 Å². The minimum absolute atomic E-state index is 0.0165. The van der Waals surface area contributed by atoms with Crippen molar-refractivity contribution in [3.63, 3.8) is 0 Å². The van der Waals surface area contributed by atoms with E-state index in [4.69, 9.17) is 23.2 Å². The zero-order chi connectivity index (χ0) is 23.6. The number of hydrogen-bond donors (Lipinski definition) is 1. The van der Waals surface area contributed by atoms with Crippen LogP contribution in [0.3, 0.4) is 0 Å². The van der Waals surface area contributed by atoms with Crippen molar-refractivity contribution in [3.8, 4) is 0 Å². The monoisotopic (exact) mass is 504 g/mol. The van der Waals surface area contributed by atoms with Crippen molar-refractivity contribution in [3.05, 3.63) is 0 Å². The second-order valence-electron chi connectivity index (χ2n) is 7.22. The van der Waals surface area contributed by atoms with Crippen molar-refractivity contribution >= 4 is 32.9 Å². The van der Waals surface area contributed by atoms with Crippen LogP contribution in [-0.4, -0.2) is 54.4 Å². The van der Waals surface area contributed by atoms with Crippen molar-refractivity contribution in [2.24, 2.45) is 0 Å². The molecule has 0 aromatic rings. The van der Waals surface area contributed by atoms with Gasteiger partial charge in [0.05, 0.1) is 32.2 Å². The molecule has 0 spiro atoms. The summed E-state index contributed by atoms with van der Waals surface area (Å²) in [6, 6.07) is 0. The first-order valence-electron chi connectivity index (χ1n) is 11.4. The van der Waals surface area contributed by atoms with Crippen LogP contribution in [0.5, 0.6) is 0 Å². The highest BCUT2D eigenvalue weighted by Gasteiger charge is 2.51. The lowest BCUT2D eigenvalue weighted by Gasteiger charge is -2.32. The van der Waals surface area contributed by atoms with Crippen LogP contribution in [0.25, 0.3) is 0 Å². The molecule has 0 fully saturated rings. The van der Waals surface area contributed by atoms with Crippen LogP contribution >= 0.6 is 27.0 Å². The maximum Gasteiger partial charge on any atom is 0.346 e. The first-order chi connectivity index (χ1) is 14.8. The number of carboxylic acids is 1. The van der Waals surface area contributed by atoms with E-state index in [9.17, 15) is 13.9 Å². The molecule has 0 aliphatic heterocycles. The standard InChI is InChI=1S/C20H42O8P2S/c1-5-9-13-25-29(23,26-14-10-6-2)20(18-31-17-19(21)22)30(24,27-15-11-7-3)28-16-12-8-4/h20H,5-18H2,1-4H3,(H,21,22). The summed E-state index contributed by atoms with van der Waals surface area (Å²) in [5, 5.41) is 7.87. The van der Waals surface area contributed by atoms with Crippen molar-refractivity contribution in [2.45, 2.75) is 84.5 Å². The maximum absolute atomic E-state index is 13.9. The normalized spacial score (nSPS) is 12.5. The van der Waals surface area contributed by atoms with E-state index in [-0.39, 0.29) is 37.9 Å². The smallest absolute Gasteiger partial charge is 0.346 e. The van der Waals surface area contributed by atoms with Crippen molar-refractivity contribution in [2.75, 3.05) is 37.9 Å². The van der Waals surface area contributed by atoms with E-state index in [1.54, 1.807) is 0 Å². The number of unbranched alkanes of at least 4 members (excludes halogenated alkanes) is 4. The fraction of sp³-hybridized carbons (Fsp3) is 0.950. The summed E-state index contributed by atoms with van der Waals surface area (Å²) in [6.07, 6.45) is 6.05. The van der Waals surface area contributed by atoms with E-state index >= 15 is 0 Å². The third-order valence-electron chi connectivity index (χ3n) is 4.30. The Hall–Kier alpha value is 0.120.